The Bertz CT molecular complexity index is 916. The molecule has 1 aromatic heterocycles. The molecular formula is C18H14F2N4O. The number of hydrogen-bond donors (Lipinski definition) is 2. The Morgan fingerprint density at radius 3 is 2.48 bits per heavy atom. The molecule has 25 heavy (non-hydrogen) atoms. The van der Waals surface area contributed by atoms with Crippen LogP contribution in [0.25, 0.3) is 0 Å². The van der Waals surface area contributed by atoms with Crippen molar-refractivity contribution in [1.29, 1.82) is 0 Å². The molecule has 0 spiro atoms. The van der Waals surface area contributed by atoms with Crippen molar-refractivity contribution in [1.82, 2.24) is 9.97 Å². The SMILES string of the molecule is Cc1cc(C(=O)Nc2ccc(F)cc2F)nc(Nc2ccccc2)n1. The van der Waals surface area contributed by atoms with Crippen LogP contribution >= 0.6 is 0 Å². The van der Waals surface area contributed by atoms with E-state index in [0.717, 1.165) is 17.8 Å². The second-order valence-electron chi connectivity index (χ2n) is 5.29. The molecule has 1 amide bonds. The summed E-state index contributed by atoms with van der Waals surface area (Å²) >= 11 is 0. The zero-order valence-electron chi connectivity index (χ0n) is 13.3. The van der Waals surface area contributed by atoms with Crippen molar-refractivity contribution in [2.45, 2.75) is 6.92 Å². The van der Waals surface area contributed by atoms with E-state index < -0.39 is 17.5 Å². The molecule has 5 nitrogen and oxygen atoms in total. The number of anilines is 3. The molecule has 2 aromatic carbocycles. The maximum absolute atomic E-state index is 13.7. The summed E-state index contributed by atoms with van der Waals surface area (Å²) in [6.07, 6.45) is 0. The van der Waals surface area contributed by atoms with Gasteiger partial charge < -0.3 is 10.6 Å². The van der Waals surface area contributed by atoms with Crippen LogP contribution in [0.1, 0.15) is 16.2 Å². The quantitative estimate of drug-likeness (QED) is 0.752. The number of carbonyl (C=O) groups is 1. The molecule has 0 radical (unpaired) electrons. The van der Waals surface area contributed by atoms with E-state index in [-0.39, 0.29) is 17.3 Å². The van der Waals surface area contributed by atoms with Crippen molar-refractivity contribution >= 4 is 23.2 Å². The maximum Gasteiger partial charge on any atom is 0.274 e. The molecule has 0 aliphatic carbocycles. The van der Waals surface area contributed by atoms with Gasteiger partial charge in [-0.2, -0.15) is 0 Å². The minimum atomic E-state index is -0.859. The Morgan fingerprint density at radius 1 is 1.00 bits per heavy atom. The number of aryl methyl sites for hydroxylation is 1. The van der Waals surface area contributed by atoms with Crippen LogP contribution in [0.15, 0.2) is 54.6 Å². The Morgan fingerprint density at radius 2 is 1.76 bits per heavy atom. The van der Waals surface area contributed by atoms with Crippen molar-refractivity contribution < 1.29 is 13.6 Å². The highest BCUT2D eigenvalue weighted by molar-refractivity contribution is 6.03. The summed E-state index contributed by atoms with van der Waals surface area (Å²) in [4.78, 5) is 20.7. The fraction of sp³-hybridized carbons (Fsp3) is 0.0556. The number of nitrogens with zero attached hydrogens (tertiary/aromatic N) is 2. The van der Waals surface area contributed by atoms with Crippen LogP contribution in [-0.2, 0) is 0 Å². The number of nitrogens with one attached hydrogen (secondary N) is 2. The van der Waals surface area contributed by atoms with Gasteiger partial charge in [-0.3, -0.25) is 4.79 Å². The highest BCUT2D eigenvalue weighted by Gasteiger charge is 2.13. The number of benzene rings is 2. The summed E-state index contributed by atoms with van der Waals surface area (Å²) in [7, 11) is 0. The Labute approximate surface area is 142 Å². The van der Waals surface area contributed by atoms with Gasteiger partial charge in [-0.15, -0.1) is 0 Å². The molecule has 0 bridgehead atoms. The number of carbonyl (C=O) groups excluding carboxylic acids is 1. The van der Waals surface area contributed by atoms with Crippen molar-refractivity contribution in [2.24, 2.45) is 0 Å². The number of amides is 1. The van der Waals surface area contributed by atoms with Gasteiger partial charge in [-0.25, -0.2) is 18.7 Å². The van der Waals surface area contributed by atoms with E-state index in [9.17, 15) is 13.6 Å². The molecule has 3 rings (SSSR count). The van der Waals surface area contributed by atoms with Crippen LogP contribution in [0.5, 0.6) is 0 Å². The summed E-state index contributed by atoms with van der Waals surface area (Å²) in [5.41, 5.74) is 1.28. The first kappa shape index (κ1) is 16.5. The standard InChI is InChI=1S/C18H14F2N4O/c1-11-9-16(17(25)23-15-8-7-12(19)10-14(15)20)24-18(21-11)22-13-5-3-2-4-6-13/h2-10H,1H3,(H,23,25)(H,21,22,24). The highest BCUT2D eigenvalue weighted by Crippen LogP contribution is 2.17. The third-order valence-electron chi connectivity index (χ3n) is 3.30. The number of para-hydroxylation sites is 1. The lowest BCUT2D eigenvalue weighted by atomic mass is 10.2. The lowest BCUT2D eigenvalue weighted by molar-refractivity contribution is 0.102. The van der Waals surface area contributed by atoms with Crippen LogP contribution in [0.2, 0.25) is 0 Å². The van der Waals surface area contributed by atoms with Gasteiger partial charge in [0, 0.05) is 17.4 Å². The predicted molar refractivity (Wildman–Crippen MR) is 90.8 cm³/mol. The maximum atomic E-state index is 13.7. The number of aromatic nitrogens is 2. The van der Waals surface area contributed by atoms with E-state index in [1.807, 2.05) is 30.3 Å². The zero-order chi connectivity index (χ0) is 17.8. The summed E-state index contributed by atoms with van der Waals surface area (Å²) < 4.78 is 26.6. The first-order valence-corrected chi connectivity index (χ1v) is 7.45. The van der Waals surface area contributed by atoms with Crippen molar-refractivity contribution in [3.05, 3.63) is 77.6 Å². The smallest absolute Gasteiger partial charge is 0.274 e. The molecular weight excluding hydrogens is 326 g/mol. The molecule has 0 aliphatic heterocycles. The van der Waals surface area contributed by atoms with Gasteiger partial charge in [-0.05, 0) is 37.3 Å². The van der Waals surface area contributed by atoms with E-state index in [2.05, 4.69) is 20.6 Å². The monoisotopic (exact) mass is 340 g/mol. The molecule has 0 atom stereocenters. The number of hydrogen-bond acceptors (Lipinski definition) is 4. The molecule has 2 N–H and O–H groups in total. The third-order valence-corrected chi connectivity index (χ3v) is 3.30. The molecule has 0 unspecified atom stereocenters. The Kier molecular flexibility index (Phi) is 4.65. The Balaban J connectivity index is 1.82. The van der Waals surface area contributed by atoms with E-state index >= 15 is 0 Å². The van der Waals surface area contributed by atoms with E-state index in [1.165, 1.54) is 6.07 Å². The van der Waals surface area contributed by atoms with Gasteiger partial charge >= 0.3 is 0 Å². The lowest BCUT2D eigenvalue weighted by Gasteiger charge is -2.09. The summed E-state index contributed by atoms with van der Waals surface area (Å²) in [6.45, 7) is 1.72. The van der Waals surface area contributed by atoms with E-state index in [4.69, 9.17) is 0 Å². The molecule has 0 aliphatic rings. The largest absolute Gasteiger partial charge is 0.324 e. The van der Waals surface area contributed by atoms with Crippen molar-refractivity contribution in [3.8, 4) is 0 Å². The highest BCUT2D eigenvalue weighted by atomic mass is 19.1. The fourth-order valence-electron chi connectivity index (χ4n) is 2.17. The summed E-state index contributed by atoms with van der Waals surface area (Å²) in [5.74, 6) is -1.95. The molecule has 126 valence electrons. The van der Waals surface area contributed by atoms with Crippen LogP contribution < -0.4 is 10.6 Å². The number of rotatable bonds is 4. The lowest BCUT2D eigenvalue weighted by Crippen LogP contribution is -2.16. The Hall–Kier alpha value is -3.35. The van der Waals surface area contributed by atoms with Gasteiger partial charge in [0.2, 0.25) is 5.95 Å². The summed E-state index contributed by atoms with van der Waals surface area (Å²) in [5, 5.41) is 5.37. The first-order valence-electron chi connectivity index (χ1n) is 7.45. The average molecular weight is 340 g/mol. The van der Waals surface area contributed by atoms with Crippen LogP contribution in [0, 0.1) is 18.6 Å². The van der Waals surface area contributed by atoms with E-state index in [0.29, 0.717) is 11.8 Å². The normalized spacial score (nSPS) is 10.4. The second kappa shape index (κ2) is 7.04. The van der Waals surface area contributed by atoms with E-state index in [1.54, 1.807) is 6.92 Å². The second-order valence-corrected chi connectivity index (χ2v) is 5.29. The van der Waals surface area contributed by atoms with Gasteiger partial charge in [0.15, 0.2) is 0 Å². The predicted octanol–water partition coefficient (Wildman–Crippen LogP) is 4.06. The van der Waals surface area contributed by atoms with Gasteiger partial charge in [0.25, 0.3) is 5.91 Å². The number of halogens is 2. The third kappa shape index (κ3) is 4.14. The van der Waals surface area contributed by atoms with Crippen LogP contribution in [0.3, 0.4) is 0 Å². The molecule has 0 saturated heterocycles. The molecule has 0 fully saturated rings. The first-order chi connectivity index (χ1) is 12.0. The fourth-order valence-corrected chi connectivity index (χ4v) is 2.17. The summed E-state index contributed by atoms with van der Waals surface area (Å²) in [6, 6.07) is 13.6. The van der Waals surface area contributed by atoms with Crippen molar-refractivity contribution in [2.75, 3.05) is 10.6 Å². The molecule has 7 heteroatoms. The minimum Gasteiger partial charge on any atom is -0.324 e. The molecule has 1 heterocycles. The van der Waals surface area contributed by atoms with Gasteiger partial charge in [-0.1, -0.05) is 18.2 Å². The topological polar surface area (TPSA) is 66.9 Å². The zero-order valence-corrected chi connectivity index (χ0v) is 13.3. The van der Waals surface area contributed by atoms with Crippen LogP contribution in [0.4, 0.5) is 26.1 Å². The molecule has 0 saturated carbocycles. The molecule has 3 aromatic rings. The van der Waals surface area contributed by atoms with Crippen LogP contribution in [-0.4, -0.2) is 15.9 Å². The average Bonchev–Trinajstić information content (AvgIpc) is 2.57. The van der Waals surface area contributed by atoms with Crippen molar-refractivity contribution in [3.63, 3.8) is 0 Å². The minimum absolute atomic E-state index is 0.0645. The van der Waals surface area contributed by atoms with Gasteiger partial charge in [0.1, 0.15) is 17.3 Å². The van der Waals surface area contributed by atoms with Gasteiger partial charge in [0.05, 0.1) is 5.69 Å².